The van der Waals surface area contributed by atoms with Crippen LogP contribution in [0.1, 0.15) is 38.5 Å². The Morgan fingerprint density at radius 3 is 2.88 bits per heavy atom. The van der Waals surface area contributed by atoms with E-state index in [0.717, 1.165) is 39.0 Å². The van der Waals surface area contributed by atoms with Gasteiger partial charge in [0.1, 0.15) is 0 Å². The van der Waals surface area contributed by atoms with Crippen molar-refractivity contribution in [2.24, 2.45) is 5.92 Å². The van der Waals surface area contributed by atoms with Gasteiger partial charge in [-0.15, -0.1) is 0 Å². The third kappa shape index (κ3) is 3.96. The third-order valence-corrected chi connectivity index (χ3v) is 4.06. The van der Waals surface area contributed by atoms with Crippen LogP contribution in [-0.4, -0.2) is 48.2 Å². The number of piperidine rings is 2. The van der Waals surface area contributed by atoms with Gasteiger partial charge in [-0.25, -0.2) is 0 Å². The van der Waals surface area contributed by atoms with E-state index >= 15 is 0 Å². The molecule has 0 aromatic carbocycles. The lowest BCUT2D eigenvalue weighted by atomic mass is 9.97. The van der Waals surface area contributed by atoms with Crippen LogP contribution in [-0.2, 0) is 4.79 Å². The molecule has 2 unspecified atom stereocenters. The summed E-state index contributed by atoms with van der Waals surface area (Å²) in [7, 11) is 0. The highest BCUT2D eigenvalue weighted by molar-refractivity contribution is 5.70. The van der Waals surface area contributed by atoms with Gasteiger partial charge in [0.25, 0.3) is 0 Å². The van der Waals surface area contributed by atoms with E-state index in [9.17, 15) is 4.79 Å². The number of aliphatic carboxylic acids is 1. The highest BCUT2D eigenvalue weighted by atomic mass is 16.4. The second-order valence-corrected chi connectivity index (χ2v) is 5.41. The van der Waals surface area contributed by atoms with Crippen LogP contribution in [0, 0.1) is 5.92 Å². The maximum absolute atomic E-state index is 11.0. The number of carboxylic acids is 1. The lowest BCUT2D eigenvalue weighted by Crippen LogP contribution is -2.42. The van der Waals surface area contributed by atoms with E-state index in [1.807, 2.05) is 0 Å². The molecule has 2 N–H and O–H groups in total. The minimum Gasteiger partial charge on any atom is -0.481 e. The van der Waals surface area contributed by atoms with Crippen molar-refractivity contribution in [2.45, 2.75) is 44.6 Å². The van der Waals surface area contributed by atoms with Crippen LogP contribution in [0.4, 0.5) is 0 Å². The van der Waals surface area contributed by atoms with Gasteiger partial charge >= 0.3 is 5.97 Å². The minimum atomic E-state index is -0.620. The summed E-state index contributed by atoms with van der Waals surface area (Å²) in [6.45, 7) is 4.04. The highest BCUT2D eigenvalue weighted by Crippen LogP contribution is 2.18. The zero-order valence-electron chi connectivity index (χ0n) is 10.5. The molecule has 2 atom stereocenters. The van der Waals surface area contributed by atoms with Crippen molar-refractivity contribution in [3.05, 3.63) is 0 Å². The fourth-order valence-corrected chi connectivity index (χ4v) is 2.97. The van der Waals surface area contributed by atoms with Crippen molar-refractivity contribution in [1.29, 1.82) is 0 Å². The largest absolute Gasteiger partial charge is 0.481 e. The first-order valence-corrected chi connectivity index (χ1v) is 6.94. The molecule has 0 aromatic heterocycles. The van der Waals surface area contributed by atoms with E-state index in [4.69, 9.17) is 5.11 Å². The van der Waals surface area contributed by atoms with Crippen LogP contribution in [0.25, 0.3) is 0 Å². The van der Waals surface area contributed by atoms with Gasteiger partial charge in [-0.1, -0.05) is 6.42 Å². The number of rotatable bonds is 4. The molecule has 0 radical (unpaired) electrons. The van der Waals surface area contributed by atoms with Gasteiger partial charge in [0.05, 0.1) is 5.92 Å². The maximum Gasteiger partial charge on any atom is 0.307 e. The standard InChI is InChI=1S/C13H24N2O2/c16-13(17)11-4-3-8-15(10-11)9-6-12-5-1-2-7-14-12/h11-12,14H,1-10H2,(H,16,17). The number of likely N-dealkylation sites (tertiary alicyclic amines) is 1. The van der Waals surface area contributed by atoms with Crippen molar-refractivity contribution in [1.82, 2.24) is 10.2 Å². The van der Waals surface area contributed by atoms with Crippen molar-refractivity contribution < 1.29 is 9.90 Å². The Hall–Kier alpha value is -0.610. The van der Waals surface area contributed by atoms with E-state index in [1.165, 1.54) is 25.7 Å². The molecule has 0 saturated carbocycles. The molecular formula is C13H24N2O2. The molecule has 2 fully saturated rings. The van der Waals surface area contributed by atoms with Crippen LogP contribution in [0.5, 0.6) is 0 Å². The van der Waals surface area contributed by atoms with Crippen LogP contribution in [0.15, 0.2) is 0 Å². The molecule has 4 nitrogen and oxygen atoms in total. The topological polar surface area (TPSA) is 52.6 Å². The average Bonchev–Trinajstić information content (AvgIpc) is 2.38. The minimum absolute atomic E-state index is 0.136. The first-order valence-electron chi connectivity index (χ1n) is 6.94. The fraction of sp³-hybridized carbons (Fsp3) is 0.923. The summed E-state index contributed by atoms with van der Waals surface area (Å²) in [5, 5.41) is 12.6. The average molecular weight is 240 g/mol. The maximum atomic E-state index is 11.0. The van der Waals surface area contributed by atoms with Crippen LogP contribution in [0.2, 0.25) is 0 Å². The molecule has 2 aliphatic heterocycles. The number of nitrogens with one attached hydrogen (secondary N) is 1. The van der Waals surface area contributed by atoms with Crippen molar-refractivity contribution in [3.8, 4) is 0 Å². The summed E-state index contributed by atoms with van der Waals surface area (Å²) in [4.78, 5) is 13.3. The van der Waals surface area contributed by atoms with Crippen LogP contribution >= 0.6 is 0 Å². The molecule has 4 heteroatoms. The molecule has 0 amide bonds. The van der Waals surface area contributed by atoms with E-state index in [2.05, 4.69) is 10.2 Å². The molecule has 0 aliphatic carbocycles. The van der Waals surface area contributed by atoms with E-state index < -0.39 is 5.97 Å². The lowest BCUT2D eigenvalue weighted by molar-refractivity contribution is -0.143. The van der Waals surface area contributed by atoms with Gasteiger partial charge in [-0.3, -0.25) is 4.79 Å². The molecule has 2 saturated heterocycles. The van der Waals surface area contributed by atoms with E-state index in [1.54, 1.807) is 0 Å². The van der Waals surface area contributed by atoms with Crippen molar-refractivity contribution >= 4 is 5.97 Å². The summed E-state index contributed by atoms with van der Waals surface area (Å²) >= 11 is 0. The Bertz CT molecular complexity index is 252. The first-order chi connectivity index (χ1) is 8.25. The smallest absolute Gasteiger partial charge is 0.307 e. The second-order valence-electron chi connectivity index (χ2n) is 5.41. The fourth-order valence-electron chi connectivity index (χ4n) is 2.97. The molecule has 0 aromatic rings. The highest BCUT2D eigenvalue weighted by Gasteiger charge is 2.25. The first kappa shape index (κ1) is 12.8. The number of hydrogen-bond acceptors (Lipinski definition) is 3. The molecule has 0 spiro atoms. The predicted octanol–water partition coefficient (Wildman–Crippen LogP) is 1.32. The number of carboxylic acid groups (broad SMARTS) is 1. The van der Waals surface area contributed by atoms with Gasteiger partial charge in [-0.2, -0.15) is 0 Å². The third-order valence-electron chi connectivity index (χ3n) is 4.06. The normalized spacial score (nSPS) is 31.3. The van der Waals surface area contributed by atoms with Crippen molar-refractivity contribution in [3.63, 3.8) is 0 Å². The number of hydrogen-bond donors (Lipinski definition) is 2. The Balaban J connectivity index is 1.69. The lowest BCUT2D eigenvalue weighted by Gasteiger charge is -2.32. The summed E-state index contributed by atoms with van der Waals surface area (Å²) in [5.41, 5.74) is 0. The van der Waals surface area contributed by atoms with Crippen molar-refractivity contribution in [2.75, 3.05) is 26.2 Å². The quantitative estimate of drug-likeness (QED) is 0.778. The number of carbonyl (C=O) groups is 1. The van der Waals surface area contributed by atoms with Gasteiger partial charge in [0, 0.05) is 12.6 Å². The molecule has 2 heterocycles. The zero-order chi connectivity index (χ0) is 12.1. The second kappa shape index (κ2) is 6.36. The summed E-state index contributed by atoms with van der Waals surface area (Å²) in [6, 6.07) is 0.661. The van der Waals surface area contributed by atoms with Gasteiger partial charge in [0.15, 0.2) is 0 Å². The van der Waals surface area contributed by atoms with E-state index in [0.29, 0.717) is 6.04 Å². The number of nitrogens with zero attached hydrogens (tertiary/aromatic N) is 1. The molecule has 98 valence electrons. The Morgan fingerprint density at radius 2 is 2.18 bits per heavy atom. The Kier molecular flexibility index (Phi) is 4.80. The molecule has 0 bridgehead atoms. The summed E-state index contributed by atoms with van der Waals surface area (Å²) < 4.78 is 0. The molecule has 2 rings (SSSR count). The monoisotopic (exact) mass is 240 g/mol. The van der Waals surface area contributed by atoms with E-state index in [-0.39, 0.29) is 5.92 Å². The van der Waals surface area contributed by atoms with Crippen LogP contribution in [0.3, 0.4) is 0 Å². The SMILES string of the molecule is O=C(O)C1CCCN(CCC2CCCCN2)C1. The summed E-state index contributed by atoms with van der Waals surface area (Å²) in [5.74, 6) is -0.756. The summed E-state index contributed by atoms with van der Waals surface area (Å²) in [6.07, 6.45) is 7.00. The molecular weight excluding hydrogens is 216 g/mol. The molecule has 2 aliphatic rings. The Morgan fingerprint density at radius 1 is 1.29 bits per heavy atom. The van der Waals surface area contributed by atoms with Crippen LogP contribution < -0.4 is 5.32 Å². The van der Waals surface area contributed by atoms with Gasteiger partial charge < -0.3 is 15.3 Å². The van der Waals surface area contributed by atoms with Gasteiger partial charge in [0.2, 0.25) is 0 Å². The molecule has 17 heavy (non-hydrogen) atoms. The zero-order valence-corrected chi connectivity index (χ0v) is 10.5. The predicted molar refractivity (Wildman–Crippen MR) is 67.1 cm³/mol. The Labute approximate surface area is 103 Å². The van der Waals surface area contributed by atoms with Gasteiger partial charge in [-0.05, 0) is 51.7 Å².